The van der Waals surface area contributed by atoms with Crippen molar-refractivity contribution in [2.24, 2.45) is 16.8 Å². The summed E-state index contributed by atoms with van der Waals surface area (Å²) in [5.41, 5.74) is 5.61. The fourth-order valence-corrected chi connectivity index (χ4v) is 4.43. The van der Waals surface area contributed by atoms with Crippen LogP contribution in [0.25, 0.3) is 0 Å². The third-order valence-corrected chi connectivity index (χ3v) is 6.22. The Morgan fingerprint density at radius 3 is 2.81 bits per heavy atom. The molecule has 2 atom stereocenters. The summed E-state index contributed by atoms with van der Waals surface area (Å²) in [4.78, 5) is 0.115. The Kier molecular flexibility index (Phi) is 5.13. The Hall–Kier alpha value is -0.830. The highest BCUT2D eigenvalue weighted by molar-refractivity contribution is 9.10. The highest BCUT2D eigenvalue weighted by atomic mass is 79.9. The zero-order valence-corrected chi connectivity index (χ0v) is 14.1. The molecule has 1 saturated carbocycles. The van der Waals surface area contributed by atoms with Gasteiger partial charge >= 0.3 is 0 Å². The Bertz CT molecular complexity index is 666. The summed E-state index contributed by atoms with van der Waals surface area (Å²) in [7, 11) is -3.69. The minimum Gasteiger partial charge on any atom is -0.409 e. The highest BCUT2D eigenvalue weighted by Crippen LogP contribution is 2.29. The van der Waals surface area contributed by atoms with E-state index in [1.165, 1.54) is 18.2 Å². The standard InChI is InChI=1S/C12H15BrClN3O3S/c13-9-6-7(4-5-10(9)14)21(19,20)17-11-3-1-2-8(11)12(15)16-18/h4-6,8,11,17-18H,1-3H2,(H2,15,16). The summed E-state index contributed by atoms with van der Waals surface area (Å²) in [6.45, 7) is 0. The predicted molar refractivity (Wildman–Crippen MR) is 84.0 cm³/mol. The Morgan fingerprint density at radius 1 is 1.48 bits per heavy atom. The molecule has 0 heterocycles. The van der Waals surface area contributed by atoms with Crippen LogP contribution in [0.2, 0.25) is 5.02 Å². The van der Waals surface area contributed by atoms with Crippen molar-refractivity contribution in [3.8, 4) is 0 Å². The van der Waals surface area contributed by atoms with Gasteiger partial charge < -0.3 is 10.9 Å². The number of benzene rings is 1. The SMILES string of the molecule is N/C(=N/O)C1CCCC1NS(=O)(=O)c1ccc(Cl)c(Br)c1. The number of nitrogens with zero attached hydrogens (tertiary/aromatic N) is 1. The first-order valence-electron chi connectivity index (χ1n) is 6.30. The minimum absolute atomic E-state index is 0.0532. The number of amidine groups is 1. The van der Waals surface area contributed by atoms with Gasteiger partial charge in [0.05, 0.1) is 9.92 Å². The van der Waals surface area contributed by atoms with Gasteiger partial charge in [0.1, 0.15) is 5.84 Å². The number of nitrogens with one attached hydrogen (secondary N) is 1. The van der Waals surface area contributed by atoms with Crippen LogP contribution in [-0.2, 0) is 10.0 Å². The summed E-state index contributed by atoms with van der Waals surface area (Å²) in [6.07, 6.45) is 2.15. The van der Waals surface area contributed by atoms with Gasteiger partial charge in [-0.05, 0) is 47.0 Å². The van der Waals surface area contributed by atoms with Crippen LogP contribution in [0.1, 0.15) is 19.3 Å². The number of halogens is 2. The molecule has 0 saturated heterocycles. The molecule has 1 aromatic carbocycles. The van der Waals surface area contributed by atoms with Gasteiger partial charge in [-0.2, -0.15) is 0 Å². The number of oxime groups is 1. The molecule has 4 N–H and O–H groups in total. The van der Waals surface area contributed by atoms with Crippen LogP contribution in [0.5, 0.6) is 0 Å². The third kappa shape index (κ3) is 3.68. The molecule has 0 amide bonds. The largest absolute Gasteiger partial charge is 0.409 e. The summed E-state index contributed by atoms with van der Waals surface area (Å²) in [5.74, 6) is -0.238. The summed E-state index contributed by atoms with van der Waals surface area (Å²) in [5, 5.41) is 12.2. The van der Waals surface area contributed by atoms with Gasteiger partial charge in [-0.3, -0.25) is 0 Å². The minimum atomic E-state index is -3.69. The maximum atomic E-state index is 12.4. The lowest BCUT2D eigenvalue weighted by molar-refractivity contribution is 0.312. The van der Waals surface area contributed by atoms with Crippen molar-refractivity contribution in [1.82, 2.24) is 4.72 Å². The van der Waals surface area contributed by atoms with Gasteiger partial charge in [0.15, 0.2) is 0 Å². The van der Waals surface area contributed by atoms with E-state index in [0.717, 1.165) is 6.42 Å². The second-order valence-corrected chi connectivity index (χ2v) is 7.84. The van der Waals surface area contributed by atoms with Crippen molar-refractivity contribution in [1.29, 1.82) is 0 Å². The second-order valence-electron chi connectivity index (χ2n) is 4.87. The highest BCUT2D eigenvalue weighted by Gasteiger charge is 2.34. The third-order valence-electron chi connectivity index (χ3n) is 3.52. The van der Waals surface area contributed by atoms with Crippen molar-refractivity contribution in [2.45, 2.75) is 30.2 Å². The molecule has 1 aliphatic rings. The zero-order chi connectivity index (χ0) is 15.6. The number of rotatable bonds is 4. The fourth-order valence-electron chi connectivity index (χ4n) is 2.44. The molecule has 116 valence electrons. The molecule has 21 heavy (non-hydrogen) atoms. The van der Waals surface area contributed by atoms with E-state index in [0.29, 0.717) is 22.3 Å². The number of hydrogen-bond acceptors (Lipinski definition) is 4. The fraction of sp³-hybridized carbons (Fsp3) is 0.417. The van der Waals surface area contributed by atoms with Crippen molar-refractivity contribution >= 4 is 43.4 Å². The van der Waals surface area contributed by atoms with Crippen LogP contribution in [0, 0.1) is 5.92 Å². The van der Waals surface area contributed by atoms with Gasteiger partial charge in [-0.1, -0.05) is 23.2 Å². The summed E-state index contributed by atoms with van der Waals surface area (Å²) >= 11 is 9.06. The quantitative estimate of drug-likeness (QED) is 0.314. The molecule has 1 aromatic rings. The van der Waals surface area contributed by atoms with Crippen LogP contribution >= 0.6 is 27.5 Å². The molecule has 6 nitrogen and oxygen atoms in total. The monoisotopic (exact) mass is 395 g/mol. The lowest BCUT2D eigenvalue weighted by Gasteiger charge is -2.19. The zero-order valence-electron chi connectivity index (χ0n) is 11.0. The van der Waals surface area contributed by atoms with Crippen LogP contribution in [0.4, 0.5) is 0 Å². The maximum Gasteiger partial charge on any atom is 0.240 e. The lowest BCUT2D eigenvalue weighted by Crippen LogP contribution is -2.42. The van der Waals surface area contributed by atoms with Crippen LogP contribution in [0.3, 0.4) is 0 Å². The van der Waals surface area contributed by atoms with Crippen molar-refractivity contribution in [2.75, 3.05) is 0 Å². The van der Waals surface area contributed by atoms with E-state index in [-0.39, 0.29) is 22.7 Å². The molecule has 0 radical (unpaired) electrons. The average Bonchev–Trinajstić information content (AvgIpc) is 2.88. The van der Waals surface area contributed by atoms with Gasteiger partial charge in [-0.15, -0.1) is 0 Å². The summed E-state index contributed by atoms with van der Waals surface area (Å²) in [6, 6.07) is 4.01. The predicted octanol–water partition coefficient (Wildman–Crippen LogP) is 2.30. The molecular formula is C12H15BrClN3O3S. The van der Waals surface area contributed by atoms with Crippen LogP contribution in [0.15, 0.2) is 32.7 Å². The normalized spacial score (nSPS) is 23.4. The van der Waals surface area contributed by atoms with Crippen molar-refractivity contribution < 1.29 is 13.6 Å². The first kappa shape index (κ1) is 16.5. The smallest absolute Gasteiger partial charge is 0.240 e. The molecule has 2 rings (SSSR count). The molecule has 0 bridgehead atoms. The van der Waals surface area contributed by atoms with E-state index in [2.05, 4.69) is 25.8 Å². The first-order chi connectivity index (χ1) is 9.85. The number of hydrogen-bond donors (Lipinski definition) is 3. The van der Waals surface area contributed by atoms with Gasteiger partial charge in [0.25, 0.3) is 0 Å². The van der Waals surface area contributed by atoms with E-state index in [1.807, 2.05) is 0 Å². The molecule has 0 aromatic heterocycles. The van der Waals surface area contributed by atoms with Crippen LogP contribution < -0.4 is 10.5 Å². The van der Waals surface area contributed by atoms with E-state index >= 15 is 0 Å². The first-order valence-corrected chi connectivity index (χ1v) is 8.95. The maximum absolute atomic E-state index is 12.4. The Labute approximate surface area is 136 Å². The Balaban J connectivity index is 2.22. The summed E-state index contributed by atoms with van der Waals surface area (Å²) < 4.78 is 27.9. The van der Waals surface area contributed by atoms with Crippen LogP contribution in [-0.4, -0.2) is 25.5 Å². The van der Waals surface area contributed by atoms with Gasteiger partial charge in [-0.25, -0.2) is 13.1 Å². The molecular weight excluding hydrogens is 382 g/mol. The molecule has 9 heteroatoms. The second kappa shape index (κ2) is 6.51. The molecule has 1 fully saturated rings. The van der Waals surface area contributed by atoms with Gasteiger partial charge in [0.2, 0.25) is 10.0 Å². The average molecular weight is 397 g/mol. The molecule has 0 aliphatic heterocycles. The number of nitrogens with two attached hydrogens (primary N) is 1. The molecule has 1 aliphatic carbocycles. The van der Waals surface area contributed by atoms with E-state index in [4.69, 9.17) is 22.5 Å². The Morgan fingerprint density at radius 2 is 2.19 bits per heavy atom. The van der Waals surface area contributed by atoms with E-state index in [9.17, 15) is 8.42 Å². The molecule has 2 unspecified atom stereocenters. The van der Waals surface area contributed by atoms with Crippen molar-refractivity contribution in [3.63, 3.8) is 0 Å². The van der Waals surface area contributed by atoms with E-state index in [1.54, 1.807) is 0 Å². The topological polar surface area (TPSA) is 105 Å². The van der Waals surface area contributed by atoms with Crippen molar-refractivity contribution in [3.05, 3.63) is 27.7 Å². The molecule has 0 spiro atoms. The lowest BCUT2D eigenvalue weighted by atomic mass is 10.0. The van der Waals surface area contributed by atoms with E-state index < -0.39 is 10.0 Å². The number of sulfonamides is 1. The van der Waals surface area contributed by atoms with Gasteiger partial charge in [0, 0.05) is 16.4 Å².